The van der Waals surface area contributed by atoms with Crippen LogP contribution in [-0.4, -0.2) is 54.5 Å². The van der Waals surface area contributed by atoms with Gasteiger partial charge in [0.05, 0.1) is 13.2 Å². The Labute approximate surface area is 100.0 Å². The van der Waals surface area contributed by atoms with Crippen LogP contribution in [0.3, 0.4) is 0 Å². The number of aliphatic hydroxyl groups excluding tert-OH is 1. The van der Waals surface area contributed by atoms with Crippen molar-refractivity contribution in [3.05, 3.63) is 0 Å². The zero-order valence-corrected chi connectivity index (χ0v) is 10.1. The number of nitrogens with one attached hydrogen (secondary N) is 1. The number of alkyl halides is 3. The molecule has 0 aliphatic heterocycles. The van der Waals surface area contributed by atoms with Gasteiger partial charge in [0, 0.05) is 18.6 Å². The van der Waals surface area contributed by atoms with Crippen molar-refractivity contribution >= 4 is 0 Å². The lowest BCUT2D eigenvalue weighted by atomic mass is 10.2. The Balaban J connectivity index is 2.38. The third-order valence-corrected chi connectivity index (χ3v) is 2.69. The Bertz CT molecular complexity index is 219. The van der Waals surface area contributed by atoms with Gasteiger partial charge in [0.2, 0.25) is 0 Å². The molecule has 0 heterocycles. The van der Waals surface area contributed by atoms with E-state index in [2.05, 4.69) is 5.32 Å². The lowest BCUT2D eigenvalue weighted by molar-refractivity contribution is -0.146. The van der Waals surface area contributed by atoms with E-state index in [-0.39, 0.29) is 19.2 Å². The highest BCUT2D eigenvalue weighted by molar-refractivity contribution is 4.86. The van der Waals surface area contributed by atoms with E-state index in [9.17, 15) is 13.2 Å². The van der Waals surface area contributed by atoms with Crippen LogP contribution in [0.25, 0.3) is 0 Å². The second kappa shape index (κ2) is 6.56. The Morgan fingerprint density at radius 2 is 2.06 bits per heavy atom. The molecule has 1 atom stereocenters. The van der Waals surface area contributed by atoms with Gasteiger partial charge in [-0.3, -0.25) is 4.90 Å². The minimum Gasteiger partial charge on any atom is -0.395 e. The lowest BCUT2D eigenvalue weighted by Gasteiger charge is -2.27. The second-order valence-corrected chi connectivity index (χ2v) is 4.67. The van der Waals surface area contributed by atoms with Gasteiger partial charge >= 0.3 is 6.18 Å². The predicted octanol–water partition coefficient (Wildman–Crippen LogP) is 1.37. The molecule has 0 spiro atoms. The second-order valence-electron chi connectivity index (χ2n) is 4.67. The first-order valence-corrected chi connectivity index (χ1v) is 6.10. The van der Waals surface area contributed by atoms with Crippen LogP contribution in [0.15, 0.2) is 0 Å². The third kappa shape index (κ3) is 6.85. The molecule has 0 aromatic heterocycles. The van der Waals surface area contributed by atoms with Gasteiger partial charge in [0.15, 0.2) is 0 Å². The van der Waals surface area contributed by atoms with E-state index in [4.69, 9.17) is 5.11 Å². The maximum atomic E-state index is 12.3. The molecule has 3 nitrogen and oxygen atoms in total. The number of halogens is 3. The fraction of sp³-hybridized carbons (Fsp3) is 1.00. The molecule has 0 aromatic rings. The molecule has 1 aliphatic carbocycles. The Morgan fingerprint density at radius 3 is 2.47 bits per heavy atom. The van der Waals surface area contributed by atoms with Crippen molar-refractivity contribution < 1.29 is 18.3 Å². The van der Waals surface area contributed by atoms with Crippen LogP contribution in [0.2, 0.25) is 0 Å². The molecule has 1 rings (SSSR count). The van der Waals surface area contributed by atoms with Crippen molar-refractivity contribution in [2.75, 3.05) is 26.2 Å². The monoisotopic (exact) mass is 254 g/mol. The predicted molar refractivity (Wildman–Crippen MR) is 59.8 cm³/mol. The molecule has 17 heavy (non-hydrogen) atoms. The number of aliphatic hydroxyl groups is 1. The topological polar surface area (TPSA) is 35.5 Å². The summed E-state index contributed by atoms with van der Waals surface area (Å²) in [5.74, 6) is 0. The van der Waals surface area contributed by atoms with Crippen LogP contribution in [0.1, 0.15) is 26.2 Å². The van der Waals surface area contributed by atoms with Crippen LogP contribution in [0, 0.1) is 0 Å². The van der Waals surface area contributed by atoms with Gasteiger partial charge in [0.1, 0.15) is 0 Å². The fourth-order valence-corrected chi connectivity index (χ4v) is 1.86. The SMILES string of the molecule is CCCN(CC(CO)NC1CC1)CC(F)(F)F. The van der Waals surface area contributed by atoms with Crippen LogP contribution in [-0.2, 0) is 0 Å². The normalized spacial score (nSPS) is 18.7. The minimum absolute atomic E-state index is 0.116. The first-order chi connectivity index (χ1) is 7.94. The molecular weight excluding hydrogens is 233 g/mol. The van der Waals surface area contributed by atoms with Crippen molar-refractivity contribution in [2.45, 2.75) is 44.4 Å². The van der Waals surface area contributed by atoms with Gasteiger partial charge in [-0.15, -0.1) is 0 Å². The van der Waals surface area contributed by atoms with Gasteiger partial charge in [-0.25, -0.2) is 0 Å². The first-order valence-electron chi connectivity index (χ1n) is 6.10. The van der Waals surface area contributed by atoms with Crippen LogP contribution >= 0.6 is 0 Å². The molecule has 0 aromatic carbocycles. The van der Waals surface area contributed by atoms with Crippen molar-refractivity contribution in [1.29, 1.82) is 0 Å². The van der Waals surface area contributed by atoms with Crippen LogP contribution in [0.5, 0.6) is 0 Å². The van der Waals surface area contributed by atoms with Crippen molar-refractivity contribution in [3.63, 3.8) is 0 Å². The maximum absolute atomic E-state index is 12.3. The highest BCUT2D eigenvalue weighted by atomic mass is 19.4. The Kier molecular flexibility index (Phi) is 5.69. The smallest absolute Gasteiger partial charge is 0.395 e. The largest absolute Gasteiger partial charge is 0.401 e. The maximum Gasteiger partial charge on any atom is 0.401 e. The molecule has 2 N–H and O–H groups in total. The third-order valence-electron chi connectivity index (χ3n) is 2.69. The molecule has 1 saturated carbocycles. The summed E-state index contributed by atoms with van der Waals surface area (Å²) in [6.07, 6.45) is -1.38. The highest BCUT2D eigenvalue weighted by Gasteiger charge is 2.32. The summed E-state index contributed by atoms with van der Waals surface area (Å²) in [5.41, 5.74) is 0. The minimum atomic E-state index is -4.17. The number of hydrogen-bond donors (Lipinski definition) is 2. The summed E-state index contributed by atoms with van der Waals surface area (Å²) in [6, 6.07) is 0.137. The van der Waals surface area contributed by atoms with E-state index in [1.54, 1.807) is 0 Å². The molecular formula is C11H21F3N2O. The quantitative estimate of drug-likeness (QED) is 0.687. The lowest BCUT2D eigenvalue weighted by Crippen LogP contribution is -2.47. The van der Waals surface area contributed by atoms with Gasteiger partial charge in [-0.05, 0) is 25.8 Å². The molecule has 1 unspecified atom stereocenters. The van der Waals surface area contributed by atoms with Crippen molar-refractivity contribution in [3.8, 4) is 0 Å². The summed E-state index contributed by atoms with van der Waals surface area (Å²) in [6.45, 7) is 1.49. The molecule has 0 radical (unpaired) electrons. The molecule has 0 amide bonds. The average Bonchev–Trinajstić information content (AvgIpc) is 2.98. The van der Waals surface area contributed by atoms with E-state index >= 15 is 0 Å². The highest BCUT2D eigenvalue weighted by Crippen LogP contribution is 2.20. The van der Waals surface area contributed by atoms with Gasteiger partial charge in [-0.1, -0.05) is 6.92 Å². The summed E-state index contributed by atoms with van der Waals surface area (Å²) >= 11 is 0. The Hall–Kier alpha value is -0.330. The van der Waals surface area contributed by atoms with Crippen LogP contribution < -0.4 is 5.32 Å². The molecule has 0 bridgehead atoms. The van der Waals surface area contributed by atoms with Gasteiger partial charge < -0.3 is 10.4 Å². The molecule has 0 saturated heterocycles. The first kappa shape index (κ1) is 14.7. The average molecular weight is 254 g/mol. The van der Waals surface area contributed by atoms with E-state index in [0.717, 1.165) is 12.8 Å². The molecule has 1 aliphatic rings. The summed E-state index contributed by atoms with van der Waals surface area (Å²) in [5, 5.41) is 12.3. The standard InChI is InChI=1S/C11H21F3N2O/c1-2-5-16(8-11(12,13)14)6-10(7-17)15-9-3-4-9/h9-10,15,17H,2-8H2,1H3. The van der Waals surface area contributed by atoms with Gasteiger partial charge in [-0.2, -0.15) is 13.2 Å². The van der Waals surface area contributed by atoms with Crippen LogP contribution in [0.4, 0.5) is 13.2 Å². The Morgan fingerprint density at radius 1 is 1.41 bits per heavy atom. The molecule has 102 valence electrons. The zero-order valence-electron chi connectivity index (χ0n) is 10.1. The number of rotatable bonds is 8. The molecule has 1 fully saturated rings. The number of nitrogens with zero attached hydrogens (tertiary/aromatic N) is 1. The summed E-state index contributed by atoms with van der Waals surface area (Å²) < 4.78 is 37.0. The van der Waals surface area contributed by atoms with E-state index in [1.165, 1.54) is 4.90 Å². The van der Waals surface area contributed by atoms with Gasteiger partial charge in [0.25, 0.3) is 0 Å². The van der Waals surface area contributed by atoms with Crippen molar-refractivity contribution in [1.82, 2.24) is 10.2 Å². The summed E-state index contributed by atoms with van der Waals surface area (Å²) in [7, 11) is 0. The summed E-state index contributed by atoms with van der Waals surface area (Å²) in [4.78, 5) is 1.36. The number of hydrogen-bond acceptors (Lipinski definition) is 3. The van der Waals surface area contributed by atoms with E-state index in [0.29, 0.717) is 19.0 Å². The fourth-order valence-electron chi connectivity index (χ4n) is 1.86. The van der Waals surface area contributed by atoms with Crippen molar-refractivity contribution in [2.24, 2.45) is 0 Å². The van der Waals surface area contributed by atoms with E-state index in [1.807, 2.05) is 6.92 Å². The molecule has 6 heteroatoms. The zero-order chi connectivity index (χ0) is 12.9. The van der Waals surface area contributed by atoms with E-state index < -0.39 is 12.7 Å².